The number of terminal acetylenes is 1. The van der Waals surface area contributed by atoms with Crippen LogP contribution in [0.3, 0.4) is 0 Å². The highest BCUT2D eigenvalue weighted by Crippen LogP contribution is 2.25. The van der Waals surface area contributed by atoms with E-state index in [0.29, 0.717) is 12.0 Å². The molecule has 0 spiro atoms. The zero-order valence-electron chi connectivity index (χ0n) is 13.4. The number of nitrogens with two attached hydrogens (primary N) is 1. The van der Waals surface area contributed by atoms with Gasteiger partial charge in [0.2, 0.25) is 0 Å². The minimum absolute atomic E-state index is 0.152. The molecule has 0 saturated heterocycles. The fourth-order valence-electron chi connectivity index (χ4n) is 2.54. The topological polar surface area (TPSA) is 79.9 Å². The van der Waals surface area contributed by atoms with Crippen LogP contribution in [-0.4, -0.2) is 21.2 Å². The number of nitrogens with one attached hydrogen (secondary N) is 1. The van der Waals surface area contributed by atoms with Crippen LogP contribution >= 0.6 is 15.9 Å². The zero-order valence-corrected chi connectivity index (χ0v) is 14.9. The van der Waals surface area contributed by atoms with Gasteiger partial charge in [-0.2, -0.15) is 0 Å². The molecule has 3 rings (SSSR count). The van der Waals surface area contributed by atoms with E-state index in [-0.39, 0.29) is 6.04 Å². The number of aromatic amines is 1. The summed E-state index contributed by atoms with van der Waals surface area (Å²) in [6.45, 7) is 0. The van der Waals surface area contributed by atoms with E-state index in [0.717, 1.165) is 26.8 Å². The van der Waals surface area contributed by atoms with E-state index in [1.165, 1.54) is 12.5 Å². The van der Waals surface area contributed by atoms with Crippen molar-refractivity contribution in [1.29, 1.82) is 0 Å². The summed E-state index contributed by atoms with van der Waals surface area (Å²) in [5, 5.41) is 0.890. The molecule has 25 heavy (non-hydrogen) atoms. The highest BCUT2D eigenvalue weighted by Gasteiger charge is 2.11. The Morgan fingerprint density at radius 2 is 2.28 bits per heavy atom. The van der Waals surface area contributed by atoms with Gasteiger partial charge < -0.3 is 10.7 Å². The summed E-state index contributed by atoms with van der Waals surface area (Å²) in [5.74, 6) is 2.68. The van der Waals surface area contributed by atoms with Gasteiger partial charge in [-0.15, -0.1) is 12.3 Å². The Kier molecular flexibility index (Phi) is 5.26. The van der Waals surface area contributed by atoms with Crippen molar-refractivity contribution in [2.45, 2.75) is 12.5 Å². The number of fused-ring (bicyclic) bond motifs is 1. The predicted molar refractivity (Wildman–Crippen MR) is 105 cm³/mol. The molecule has 0 fully saturated rings. The van der Waals surface area contributed by atoms with E-state index in [4.69, 9.17) is 12.2 Å². The van der Waals surface area contributed by atoms with E-state index >= 15 is 0 Å². The van der Waals surface area contributed by atoms with Crippen molar-refractivity contribution in [1.82, 2.24) is 15.0 Å². The second kappa shape index (κ2) is 7.77. The first-order valence-corrected chi connectivity index (χ1v) is 8.44. The molecule has 2 aromatic heterocycles. The molecule has 124 valence electrons. The van der Waals surface area contributed by atoms with Gasteiger partial charge in [0.05, 0.1) is 11.7 Å². The highest BCUT2D eigenvalue weighted by atomic mass is 79.9. The molecule has 1 unspecified atom stereocenters. The number of aliphatic imine (C=N–C) groups is 1. The molecular formula is C19H16BrN5. The number of H-pyrrole nitrogens is 1. The smallest absolute Gasteiger partial charge is 0.141 e. The van der Waals surface area contributed by atoms with Gasteiger partial charge >= 0.3 is 0 Å². The molecule has 0 radical (unpaired) electrons. The molecule has 0 amide bonds. The molecule has 5 nitrogen and oxygen atoms in total. The third kappa shape index (κ3) is 3.78. The normalized spacial score (nSPS) is 13.2. The number of aromatic nitrogens is 3. The Labute approximate surface area is 154 Å². The summed E-state index contributed by atoms with van der Waals surface area (Å²) in [7, 11) is 0. The van der Waals surface area contributed by atoms with Crippen LogP contribution in [0.5, 0.6) is 0 Å². The van der Waals surface area contributed by atoms with E-state index in [2.05, 4.69) is 41.8 Å². The van der Waals surface area contributed by atoms with Crippen LogP contribution in [0.15, 0.2) is 58.5 Å². The van der Waals surface area contributed by atoms with Crippen LogP contribution in [0.1, 0.15) is 23.7 Å². The molecule has 3 aromatic rings. The first-order valence-electron chi connectivity index (χ1n) is 7.65. The summed E-state index contributed by atoms with van der Waals surface area (Å²) in [4.78, 5) is 16.2. The number of nitrogens with zero attached hydrogens (tertiary/aromatic N) is 3. The maximum atomic E-state index is 5.82. The molecule has 0 bridgehead atoms. The number of benzene rings is 1. The quantitative estimate of drug-likeness (QED) is 0.510. The minimum Gasteiger partial charge on any atom is -0.404 e. The highest BCUT2D eigenvalue weighted by molar-refractivity contribution is 9.10. The van der Waals surface area contributed by atoms with Crippen molar-refractivity contribution in [3.63, 3.8) is 0 Å². The molecule has 6 heteroatoms. The van der Waals surface area contributed by atoms with E-state index in [9.17, 15) is 0 Å². The fraction of sp³-hybridized carbons (Fsp3) is 0.105. The lowest BCUT2D eigenvalue weighted by molar-refractivity contribution is 0.761. The summed E-state index contributed by atoms with van der Waals surface area (Å²) < 4.78 is 0.988. The van der Waals surface area contributed by atoms with Crippen LogP contribution in [0, 0.1) is 12.3 Å². The molecule has 3 N–H and O–H groups in total. The third-order valence-electron chi connectivity index (χ3n) is 3.75. The Balaban J connectivity index is 1.94. The summed E-state index contributed by atoms with van der Waals surface area (Å²) in [6.07, 6.45) is 12.5. The van der Waals surface area contributed by atoms with Crippen molar-refractivity contribution in [3.8, 4) is 12.3 Å². The average Bonchev–Trinajstić information content (AvgIpc) is 3.10. The summed E-state index contributed by atoms with van der Waals surface area (Å²) in [5.41, 5.74) is 9.05. The Hall–Kier alpha value is -2.91. The van der Waals surface area contributed by atoms with E-state index in [1.54, 1.807) is 6.21 Å². The zero-order chi connectivity index (χ0) is 17.6. The van der Waals surface area contributed by atoms with Gasteiger partial charge in [0.15, 0.2) is 0 Å². The number of hydrogen-bond donors (Lipinski definition) is 2. The van der Waals surface area contributed by atoms with Crippen molar-refractivity contribution >= 4 is 38.8 Å². The molecule has 0 aliphatic rings. The van der Waals surface area contributed by atoms with Crippen molar-refractivity contribution in [3.05, 3.63) is 64.8 Å². The van der Waals surface area contributed by atoms with Crippen LogP contribution in [-0.2, 0) is 0 Å². The van der Waals surface area contributed by atoms with Gasteiger partial charge in [0.25, 0.3) is 0 Å². The van der Waals surface area contributed by atoms with Gasteiger partial charge in [-0.3, -0.25) is 4.99 Å². The van der Waals surface area contributed by atoms with Gasteiger partial charge in [0.1, 0.15) is 12.0 Å². The molecular weight excluding hydrogens is 378 g/mol. The molecule has 0 aliphatic heterocycles. The molecule has 2 heterocycles. The SMILES string of the molecule is C#CCC(N=CC(=CN)c1ncnc2[nH]ccc12)c1cccc(Br)c1. The number of halogens is 1. The van der Waals surface area contributed by atoms with Crippen LogP contribution in [0.2, 0.25) is 0 Å². The second-order valence-corrected chi connectivity index (χ2v) is 6.26. The number of allylic oxidation sites excluding steroid dienone is 1. The first kappa shape index (κ1) is 16.9. The molecule has 0 saturated carbocycles. The lowest BCUT2D eigenvalue weighted by Gasteiger charge is -2.11. The summed E-state index contributed by atoms with van der Waals surface area (Å²) in [6, 6.07) is 9.71. The standard InChI is InChI=1S/C19H16BrN5/c1-2-4-17(13-5-3-6-15(20)9-13)23-11-14(10-21)18-16-7-8-22-19(16)25-12-24-18/h1,3,5-12,17H,4,21H2,(H,22,24,25). The van der Waals surface area contributed by atoms with Crippen molar-refractivity contribution in [2.75, 3.05) is 0 Å². The number of rotatable bonds is 5. The average molecular weight is 394 g/mol. The molecule has 1 atom stereocenters. The van der Waals surface area contributed by atoms with Gasteiger partial charge in [0, 0.05) is 40.5 Å². The van der Waals surface area contributed by atoms with Gasteiger partial charge in [-0.25, -0.2) is 9.97 Å². The minimum atomic E-state index is -0.152. The lowest BCUT2D eigenvalue weighted by atomic mass is 10.0. The van der Waals surface area contributed by atoms with Crippen LogP contribution < -0.4 is 5.73 Å². The van der Waals surface area contributed by atoms with E-state index < -0.39 is 0 Å². The van der Waals surface area contributed by atoms with Crippen LogP contribution in [0.25, 0.3) is 16.6 Å². The van der Waals surface area contributed by atoms with Gasteiger partial charge in [-0.05, 0) is 23.8 Å². The molecule has 1 aromatic carbocycles. The second-order valence-electron chi connectivity index (χ2n) is 5.34. The number of hydrogen-bond acceptors (Lipinski definition) is 4. The Morgan fingerprint density at radius 1 is 1.40 bits per heavy atom. The monoisotopic (exact) mass is 393 g/mol. The van der Waals surface area contributed by atoms with Gasteiger partial charge in [-0.1, -0.05) is 28.1 Å². The third-order valence-corrected chi connectivity index (χ3v) is 4.24. The van der Waals surface area contributed by atoms with Crippen molar-refractivity contribution in [2.24, 2.45) is 10.7 Å². The lowest BCUT2D eigenvalue weighted by Crippen LogP contribution is -2.00. The van der Waals surface area contributed by atoms with Crippen molar-refractivity contribution < 1.29 is 0 Å². The predicted octanol–water partition coefficient (Wildman–Crippen LogP) is 3.86. The first-order chi connectivity index (χ1) is 12.2. The maximum absolute atomic E-state index is 5.82. The van der Waals surface area contributed by atoms with Crippen LogP contribution in [0.4, 0.5) is 0 Å². The summed E-state index contributed by atoms with van der Waals surface area (Å²) >= 11 is 3.48. The Bertz CT molecular complexity index is 981. The fourth-order valence-corrected chi connectivity index (χ4v) is 2.95. The van der Waals surface area contributed by atoms with E-state index in [1.807, 2.05) is 36.5 Å². The maximum Gasteiger partial charge on any atom is 0.141 e. The largest absolute Gasteiger partial charge is 0.404 e. The Morgan fingerprint density at radius 3 is 3.04 bits per heavy atom. The molecule has 0 aliphatic carbocycles.